The number of morpholine rings is 1. The van der Waals surface area contributed by atoms with E-state index in [0.717, 1.165) is 0 Å². The number of hydrogen-bond acceptors (Lipinski definition) is 4. The van der Waals surface area contributed by atoms with Gasteiger partial charge in [0.2, 0.25) is 5.91 Å². The minimum Gasteiger partial charge on any atom is -0.378 e. The SMILES string of the molecule is COCC(=O)Nc1cc(Br)c(F)cc1N1CCOCC1. The highest BCUT2D eigenvalue weighted by atomic mass is 79.9. The zero-order valence-corrected chi connectivity index (χ0v) is 12.7. The summed E-state index contributed by atoms with van der Waals surface area (Å²) in [5.74, 6) is -0.642. The van der Waals surface area contributed by atoms with Crippen molar-refractivity contribution in [3.63, 3.8) is 0 Å². The normalized spacial score (nSPS) is 15.2. The highest BCUT2D eigenvalue weighted by molar-refractivity contribution is 9.10. The van der Waals surface area contributed by atoms with Gasteiger partial charge in [0.1, 0.15) is 12.4 Å². The molecule has 1 heterocycles. The first-order chi connectivity index (χ1) is 9.61. The van der Waals surface area contributed by atoms with Gasteiger partial charge in [-0.25, -0.2) is 4.39 Å². The molecule has 0 atom stereocenters. The molecule has 0 unspecified atom stereocenters. The summed E-state index contributed by atoms with van der Waals surface area (Å²) in [6.45, 7) is 2.45. The molecule has 20 heavy (non-hydrogen) atoms. The Morgan fingerprint density at radius 3 is 2.85 bits per heavy atom. The third-order valence-corrected chi connectivity index (χ3v) is 3.55. The monoisotopic (exact) mass is 346 g/mol. The third-order valence-electron chi connectivity index (χ3n) is 2.94. The summed E-state index contributed by atoms with van der Waals surface area (Å²) in [6, 6.07) is 2.98. The molecule has 0 saturated carbocycles. The molecule has 1 N–H and O–H groups in total. The van der Waals surface area contributed by atoms with Gasteiger partial charge in [-0.05, 0) is 22.0 Å². The van der Waals surface area contributed by atoms with E-state index in [1.807, 2.05) is 4.90 Å². The van der Waals surface area contributed by atoms with Gasteiger partial charge in [0.15, 0.2) is 0 Å². The van der Waals surface area contributed by atoms with Crippen LogP contribution in [-0.2, 0) is 14.3 Å². The summed E-state index contributed by atoms with van der Waals surface area (Å²) in [7, 11) is 1.45. The molecule has 0 spiro atoms. The molecule has 2 rings (SSSR count). The molecule has 110 valence electrons. The van der Waals surface area contributed by atoms with E-state index < -0.39 is 0 Å². The van der Waals surface area contributed by atoms with E-state index in [2.05, 4.69) is 21.2 Å². The van der Waals surface area contributed by atoms with Crippen molar-refractivity contribution in [2.45, 2.75) is 0 Å². The van der Waals surface area contributed by atoms with Gasteiger partial charge in [-0.2, -0.15) is 0 Å². The van der Waals surface area contributed by atoms with Crippen molar-refractivity contribution < 1.29 is 18.7 Å². The molecule has 0 radical (unpaired) electrons. The van der Waals surface area contributed by atoms with E-state index in [-0.39, 0.29) is 18.3 Å². The van der Waals surface area contributed by atoms with Crippen molar-refractivity contribution in [3.05, 3.63) is 22.4 Å². The highest BCUT2D eigenvalue weighted by Gasteiger charge is 2.18. The fraction of sp³-hybridized carbons (Fsp3) is 0.462. The molecule has 0 aromatic heterocycles. The largest absolute Gasteiger partial charge is 0.378 e. The minimum absolute atomic E-state index is 0.0441. The van der Waals surface area contributed by atoms with Gasteiger partial charge < -0.3 is 19.7 Å². The summed E-state index contributed by atoms with van der Waals surface area (Å²) in [5, 5.41) is 2.73. The van der Waals surface area contributed by atoms with Crippen molar-refractivity contribution in [1.29, 1.82) is 0 Å². The maximum Gasteiger partial charge on any atom is 0.250 e. The van der Waals surface area contributed by atoms with Gasteiger partial charge in [-0.3, -0.25) is 4.79 Å². The van der Waals surface area contributed by atoms with E-state index in [0.29, 0.717) is 42.2 Å². The first-order valence-corrected chi connectivity index (χ1v) is 7.01. The average Bonchev–Trinajstić information content (AvgIpc) is 2.44. The predicted octanol–water partition coefficient (Wildman–Crippen LogP) is 2.01. The van der Waals surface area contributed by atoms with Crippen LogP contribution < -0.4 is 10.2 Å². The number of methoxy groups -OCH3 is 1. The van der Waals surface area contributed by atoms with Crippen LogP contribution in [0.2, 0.25) is 0 Å². The van der Waals surface area contributed by atoms with Crippen LogP contribution in [0.1, 0.15) is 0 Å². The van der Waals surface area contributed by atoms with Crippen LogP contribution in [0.15, 0.2) is 16.6 Å². The first-order valence-electron chi connectivity index (χ1n) is 6.22. The van der Waals surface area contributed by atoms with E-state index in [1.165, 1.54) is 13.2 Å². The van der Waals surface area contributed by atoms with Gasteiger partial charge in [0.25, 0.3) is 0 Å². The van der Waals surface area contributed by atoms with Crippen molar-refractivity contribution >= 4 is 33.2 Å². The van der Waals surface area contributed by atoms with Crippen LogP contribution in [0, 0.1) is 5.82 Å². The number of nitrogens with one attached hydrogen (secondary N) is 1. The molecule has 7 heteroatoms. The number of benzene rings is 1. The maximum atomic E-state index is 13.8. The Morgan fingerprint density at radius 2 is 2.20 bits per heavy atom. The average molecular weight is 347 g/mol. The minimum atomic E-state index is -0.365. The molecule has 0 bridgehead atoms. The number of rotatable bonds is 4. The van der Waals surface area contributed by atoms with Crippen molar-refractivity contribution in [2.24, 2.45) is 0 Å². The first kappa shape index (κ1) is 15.2. The third kappa shape index (κ3) is 3.68. The number of anilines is 2. The number of halogens is 2. The summed E-state index contributed by atoms with van der Waals surface area (Å²) < 4.78 is 24.1. The Bertz CT molecular complexity index is 493. The second-order valence-corrected chi connectivity index (χ2v) is 5.22. The van der Waals surface area contributed by atoms with Gasteiger partial charge in [-0.15, -0.1) is 0 Å². The highest BCUT2D eigenvalue weighted by Crippen LogP contribution is 2.32. The smallest absolute Gasteiger partial charge is 0.250 e. The lowest BCUT2D eigenvalue weighted by atomic mass is 10.2. The Labute approximate surface area is 125 Å². The second kappa shape index (κ2) is 7.01. The molecule has 1 aliphatic heterocycles. The van der Waals surface area contributed by atoms with Crippen LogP contribution in [-0.4, -0.2) is 45.9 Å². The van der Waals surface area contributed by atoms with Gasteiger partial charge in [-0.1, -0.05) is 0 Å². The van der Waals surface area contributed by atoms with Crippen LogP contribution >= 0.6 is 15.9 Å². The lowest BCUT2D eigenvalue weighted by molar-refractivity contribution is -0.119. The van der Waals surface area contributed by atoms with Gasteiger partial charge in [0, 0.05) is 26.3 Å². The van der Waals surface area contributed by atoms with Gasteiger partial charge >= 0.3 is 0 Å². The summed E-state index contributed by atoms with van der Waals surface area (Å²) in [6.07, 6.45) is 0. The van der Waals surface area contributed by atoms with E-state index in [1.54, 1.807) is 6.07 Å². The predicted molar refractivity (Wildman–Crippen MR) is 77.6 cm³/mol. The lowest BCUT2D eigenvalue weighted by Crippen LogP contribution is -2.37. The number of hydrogen-bond donors (Lipinski definition) is 1. The molecule has 1 aromatic rings. The zero-order chi connectivity index (χ0) is 14.5. The number of amides is 1. The lowest BCUT2D eigenvalue weighted by Gasteiger charge is -2.30. The van der Waals surface area contributed by atoms with Crippen LogP contribution in [0.4, 0.5) is 15.8 Å². The Hall–Kier alpha value is -1.18. The van der Waals surface area contributed by atoms with E-state index >= 15 is 0 Å². The number of carbonyl (C=O) groups is 1. The van der Waals surface area contributed by atoms with Gasteiger partial charge in [0.05, 0.1) is 29.1 Å². The molecule has 5 nitrogen and oxygen atoms in total. The van der Waals surface area contributed by atoms with E-state index in [4.69, 9.17) is 9.47 Å². The standard InChI is InChI=1S/C13H16BrFN2O3/c1-19-8-13(18)16-11-6-9(14)10(15)7-12(11)17-2-4-20-5-3-17/h6-7H,2-5,8H2,1H3,(H,16,18). The Morgan fingerprint density at radius 1 is 1.50 bits per heavy atom. The second-order valence-electron chi connectivity index (χ2n) is 4.36. The molecule has 1 saturated heterocycles. The van der Waals surface area contributed by atoms with Crippen molar-refractivity contribution in [2.75, 3.05) is 50.2 Å². The van der Waals surface area contributed by atoms with Crippen LogP contribution in [0.25, 0.3) is 0 Å². The topological polar surface area (TPSA) is 50.8 Å². The Balaban J connectivity index is 2.27. The van der Waals surface area contributed by atoms with Crippen molar-refractivity contribution in [3.8, 4) is 0 Å². The Kier molecular flexibility index (Phi) is 5.33. The molecule has 1 aromatic carbocycles. The summed E-state index contributed by atoms with van der Waals surface area (Å²) >= 11 is 3.13. The number of carbonyl (C=O) groups excluding carboxylic acids is 1. The molecular formula is C13H16BrFN2O3. The maximum absolute atomic E-state index is 13.8. The quantitative estimate of drug-likeness (QED) is 0.905. The molecular weight excluding hydrogens is 331 g/mol. The van der Waals surface area contributed by atoms with Crippen molar-refractivity contribution in [1.82, 2.24) is 0 Å². The molecule has 1 aliphatic rings. The van der Waals surface area contributed by atoms with Crippen LogP contribution in [0.3, 0.4) is 0 Å². The fourth-order valence-electron chi connectivity index (χ4n) is 2.02. The molecule has 1 amide bonds. The van der Waals surface area contributed by atoms with Crippen LogP contribution in [0.5, 0.6) is 0 Å². The fourth-order valence-corrected chi connectivity index (χ4v) is 2.36. The zero-order valence-electron chi connectivity index (χ0n) is 11.1. The van der Waals surface area contributed by atoms with E-state index in [9.17, 15) is 9.18 Å². The summed E-state index contributed by atoms with van der Waals surface area (Å²) in [4.78, 5) is 13.6. The molecule has 1 fully saturated rings. The summed E-state index contributed by atoms with van der Waals surface area (Å²) in [5.41, 5.74) is 1.21. The molecule has 0 aliphatic carbocycles. The number of ether oxygens (including phenoxy) is 2. The number of nitrogens with zero attached hydrogens (tertiary/aromatic N) is 1.